The van der Waals surface area contributed by atoms with Crippen LogP contribution in [0.25, 0.3) is 5.95 Å². The van der Waals surface area contributed by atoms with E-state index < -0.39 is 0 Å². The normalized spacial score (nSPS) is 10.7. The highest BCUT2D eigenvalue weighted by Crippen LogP contribution is 2.13. The Labute approximate surface area is 112 Å². The third-order valence-corrected chi connectivity index (χ3v) is 2.24. The Morgan fingerprint density at radius 1 is 1.39 bits per heavy atom. The monoisotopic (exact) mass is 313 g/mol. The summed E-state index contributed by atoms with van der Waals surface area (Å²) in [4.78, 5) is 12.2. The van der Waals surface area contributed by atoms with Gasteiger partial charge in [-0.25, -0.2) is 10.5 Å². The van der Waals surface area contributed by atoms with E-state index in [0.717, 1.165) is 4.47 Å². The molecule has 0 radical (unpaired) electrons. The van der Waals surface area contributed by atoms with Crippen molar-refractivity contribution in [2.75, 3.05) is 5.43 Å². The van der Waals surface area contributed by atoms with E-state index in [-0.39, 0.29) is 18.1 Å². The molecule has 2 aromatic heterocycles. The lowest BCUT2D eigenvalue weighted by molar-refractivity contribution is 0.221. The second kappa shape index (κ2) is 5.27. The molecule has 3 N–H and O–H groups in total. The molecule has 8 nitrogen and oxygen atoms in total. The summed E-state index contributed by atoms with van der Waals surface area (Å²) >= 11 is 3.30. The van der Waals surface area contributed by atoms with Gasteiger partial charge in [0.2, 0.25) is 5.95 Å². The molecule has 0 aliphatic rings. The van der Waals surface area contributed by atoms with Gasteiger partial charge in [0, 0.05) is 6.20 Å². The van der Waals surface area contributed by atoms with Crippen LogP contribution >= 0.6 is 15.9 Å². The number of nitrogens with one attached hydrogen (secondary N) is 1. The van der Waals surface area contributed by atoms with Gasteiger partial charge in [-0.1, -0.05) is 0 Å². The fourth-order valence-electron chi connectivity index (χ4n) is 1.19. The Balaban J connectivity index is 2.40. The van der Waals surface area contributed by atoms with E-state index in [0.29, 0.717) is 5.95 Å². The third kappa shape index (κ3) is 2.93. The van der Waals surface area contributed by atoms with Crippen molar-refractivity contribution < 1.29 is 4.74 Å². The first-order chi connectivity index (χ1) is 8.58. The van der Waals surface area contributed by atoms with Crippen molar-refractivity contribution in [2.45, 2.75) is 20.0 Å². The molecule has 96 valence electrons. The number of aromatic nitrogens is 5. The van der Waals surface area contributed by atoms with Crippen molar-refractivity contribution in [2.24, 2.45) is 5.84 Å². The van der Waals surface area contributed by atoms with Crippen molar-refractivity contribution in [3.05, 3.63) is 16.9 Å². The van der Waals surface area contributed by atoms with Crippen LogP contribution in [0.5, 0.6) is 6.01 Å². The number of ether oxygens (including phenoxy) is 1. The number of hydrogen-bond donors (Lipinski definition) is 2. The van der Waals surface area contributed by atoms with Crippen LogP contribution in [0.15, 0.2) is 16.9 Å². The third-order valence-electron chi connectivity index (χ3n) is 1.83. The molecule has 0 aliphatic carbocycles. The first kappa shape index (κ1) is 12.7. The van der Waals surface area contributed by atoms with Gasteiger partial charge < -0.3 is 4.74 Å². The Hall–Kier alpha value is -1.74. The summed E-state index contributed by atoms with van der Waals surface area (Å²) in [5.74, 6) is 5.83. The average Bonchev–Trinajstić information content (AvgIpc) is 2.74. The van der Waals surface area contributed by atoms with E-state index >= 15 is 0 Å². The van der Waals surface area contributed by atoms with Crippen molar-refractivity contribution in [1.82, 2.24) is 24.7 Å². The molecule has 0 atom stereocenters. The highest BCUT2D eigenvalue weighted by molar-refractivity contribution is 9.10. The molecule has 0 saturated carbocycles. The van der Waals surface area contributed by atoms with Gasteiger partial charge in [-0.3, -0.25) is 5.43 Å². The van der Waals surface area contributed by atoms with Gasteiger partial charge >= 0.3 is 6.01 Å². The SMILES string of the molecule is CC(C)Oc1nc(NN)nc(-n2cc(Br)cn2)n1. The van der Waals surface area contributed by atoms with Gasteiger partial charge in [0.1, 0.15) is 0 Å². The molecule has 18 heavy (non-hydrogen) atoms. The maximum Gasteiger partial charge on any atom is 0.323 e. The summed E-state index contributed by atoms with van der Waals surface area (Å²) in [7, 11) is 0. The largest absolute Gasteiger partial charge is 0.461 e. The van der Waals surface area contributed by atoms with Crippen molar-refractivity contribution >= 4 is 21.9 Å². The number of hydrogen-bond acceptors (Lipinski definition) is 7. The van der Waals surface area contributed by atoms with Crippen LogP contribution in [0.2, 0.25) is 0 Å². The summed E-state index contributed by atoms with van der Waals surface area (Å²) in [5.41, 5.74) is 2.36. The van der Waals surface area contributed by atoms with Gasteiger partial charge in [-0.2, -0.15) is 20.1 Å². The molecule has 0 spiro atoms. The fourth-order valence-corrected chi connectivity index (χ4v) is 1.47. The number of hydrazine groups is 1. The molecule has 0 aliphatic heterocycles. The number of nitrogen functional groups attached to an aromatic ring is 1. The van der Waals surface area contributed by atoms with E-state index in [1.54, 1.807) is 12.4 Å². The average molecular weight is 314 g/mol. The van der Waals surface area contributed by atoms with Crippen molar-refractivity contribution in [3.8, 4) is 12.0 Å². The second-order valence-electron chi connectivity index (χ2n) is 3.66. The predicted molar refractivity (Wildman–Crippen MR) is 68.2 cm³/mol. The predicted octanol–water partition coefficient (Wildman–Crippen LogP) is 0.893. The van der Waals surface area contributed by atoms with E-state index in [4.69, 9.17) is 10.6 Å². The summed E-state index contributed by atoms with van der Waals surface area (Å²) < 4.78 is 7.72. The molecule has 0 aromatic carbocycles. The smallest absolute Gasteiger partial charge is 0.323 e. The van der Waals surface area contributed by atoms with Crippen molar-refractivity contribution in [1.29, 1.82) is 0 Å². The Kier molecular flexibility index (Phi) is 3.72. The second-order valence-corrected chi connectivity index (χ2v) is 4.57. The highest BCUT2D eigenvalue weighted by Gasteiger charge is 2.10. The van der Waals surface area contributed by atoms with Crippen LogP contribution in [0, 0.1) is 0 Å². The lowest BCUT2D eigenvalue weighted by Crippen LogP contribution is -2.16. The molecule has 2 heterocycles. The summed E-state index contributed by atoms with van der Waals surface area (Å²) in [6, 6.07) is 0.189. The summed E-state index contributed by atoms with van der Waals surface area (Å²) in [6.45, 7) is 3.76. The summed E-state index contributed by atoms with van der Waals surface area (Å²) in [6.07, 6.45) is 3.30. The summed E-state index contributed by atoms with van der Waals surface area (Å²) in [5, 5.41) is 4.07. The number of anilines is 1. The number of halogens is 1. The van der Waals surface area contributed by atoms with E-state index in [1.165, 1.54) is 4.68 Å². The quantitative estimate of drug-likeness (QED) is 0.638. The Morgan fingerprint density at radius 3 is 2.72 bits per heavy atom. The van der Waals surface area contributed by atoms with Crippen LogP contribution in [-0.4, -0.2) is 30.8 Å². The minimum Gasteiger partial charge on any atom is -0.461 e. The van der Waals surface area contributed by atoms with E-state index in [2.05, 4.69) is 41.4 Å². The molecule has 2 rings (SSSR count). The van der Waals surface area contributed by atoms with Crippen LogP contribution in [0.4, 0.5) is 5.95 Å². The zero-order valence-corrected chi connectivity index (χ0v) is 11.4. The molecular weight excluding hydrogens is 302 g/mol. The van der Waals surface area contributed by atoms with Gasteiger partial charge in [0.05, 0.1) is 16.8 Å². The number of rotatable bonds is 4. The molecular formula is C9H12BrN7O. The van der Waals surface area contributed by atoms with E-state index in [9.17, 15) is 0 Å². The molecule has 0 unspecified atom stereocenters. The van der Waals surface area contributed by atoms with Crippen LogP contribution < -0.4 is 16.0 Å². The lowest BCUT2D eigenvalue weighted by Gasteiger charge is -2.09. The molecule has 0 saturated heterocycles. The fraction of sp³-hybridized carbons (Fsp3) is 0.333. The first-order valence-electron chi connectivity index (χ1n) is 5.18. The zero-order valence-electron chi connectivity index (χ0n) is 9.83. The van der Waals surface area contributed by atoms with Crippen LogP contribution in [-0.2, 0) is 0 Å². The molecule has 0 fully saturated rings. The Morgan fingerprint density at radius 2 is 2.17 bits per heavy atom. The van der Waals surface area contributed by atoms with Crippen LogP contribution in [0.1, 0.15) is 13.8 Å². The van der Waals surface area contributed by atoms with Gasteiger partial charge in [-0.15, -0.1) is 0 Å². The zero-order chi connectivity index (χ0) is 13.1. The lowest BCUT2D eigenvalue weighted by atomic mass is 10.5. The number of nitrogens with two attached hydrogens (primary N) is 1. The molecule has 0 amide bonds. The minimum atomic E-state index is -0.0461. The molecule has 9 heteroatoms. The van der Waals surface area contributed by atoms with Crippen molar-refractivity contribution in [3.63, 3.8) is 0 Å². The maximum absolute atomic E-state index is 5.42. The first-order valence-corrected chi connectivity index (χ1v) is 5.97. The van der Waals surface area contributed by atoms with Gasteiger partial charge in [0.25, 0.3) is 5.95 Å². The Bertz CT molecular complexity index is 541. The standard InChI is InChI=1S/C9H12BrN7O/c1-5(2)18-9-14-7(16-11)13-8(15-9)17-4-6(10)3-12-17/h3-5H,11H2,1-2H3,(H,13,14,15,16). The van der Waals surface area contributed by atoms with Gasteiger partial charge in [0.15, 0.2) is 0 Å². The minimum absolute atomic E-state index is 0.0461. The molecule has 2 aromatic rings. The number of nitrogens with zero attached hydrogens (tertiary/aromatic N) is 5. The highest BCUT2D eigenvalue weighted by atomic mass is 79.9. The van der Waals surface area contributed by atoms with E-state index in [1.807, 2.05) is 13.8 Å². The van der Waals surface area contributed by atoms with Gasteiger partial charge in [-0.05, 0) is 29.8 Å². The topological polar surface area (TPSA) is 104 Å². The van der Waals surface area contributed by atoms with Crippen LogP contribution in [0.3, 0.4) is 0 Å². The molecule has 0 bridgehead atoms. The maximum atomic E-state index is 5.42.